The Balaban J connectivity index is 4.66. The van der Waals surface area contributed by atoms with Crippen molar-refractivity contribution in [2.24, 2.45) is 5.73 Å². The quantitative estimate of drug-likeness (QED) is 0.116. The molecule has 0 aliphatic rings. The van der Waals surface area contributed by atoms with Gasteiger partial charge in [-0.3, -0.25) is 5.32 Å². The summed E-state index contributed by atoms with van der Waals surface area (Å²) in [4.78, 5) is 0.141. The Hall–Kier alpha value is -3.46. The Morgan fingerprint density at radius 3 is 1.43 bits per heavy atom. The second-order valence-corrected chi connectivity index (χ2v) is 5.41. The van der Waals surface area contributed by atoms with Crippen molar-refractivity contribution in [3.63, 3.8) is 0 Å². The summed E-state index contributed by atoms with van der Waals surface area (Å²) in [6.45, 7) is 4.58. The lowest BCUT2D eigenvalue weighted by molar-refractivity contribution is 0.265. The molecular weight excluding hydrogens is 360 g/mol. The fourth-order valence-corrected chi connectivity index (χ4v) is 2.20. The maximum atomic E-state index is 9.45. The summed E-state index contributed by atoms with van der Waals surface area (Å²) in [5.41, 5.74) is 0.351. The molecule has 28 heavy (non-hydrogen) atoms. The number of rotatable bonds is 14. The smallest absolute Gasteiger partial charge is 0.281 e. The first-order valence-electron chi connectivity index (χ1n) is 8.40. The third kappa shape index (κ3) is 6.06. The van der Waals surface area contributed by atoms with E-state index < -0.39 is 11.1 Å². The third-order valence-corrected chi connectivity index (χ3v) is 3.71. The Bertz CT molecular complexity index is 678. The topological polar surface area (TPSA) is 220 Å². The predicted molar refractivity (Wildman–Crippen MR) is 96.6 cm³/mol. The van der Waals surface area contributed by atoms with E-state index in [1.807, 2.05) is 0 Å². The van der Waals surface area contributed by atoms with Crippen LogP contribution in [-0.4, -0.2) is 68.3 Å². The fraction of sp³-hybridized carbons (Fsp3) is 0.625. The Morgan fingerprint density at radius 2 is 1.07 bits per heavy atom. The van der Waals surface area contributed by atoms with Crippen LogP contribution in [0.5, 0.6) is 0 Å². The molecule has 12 nitrogen and oxygen atoms in total. The van der Waals surface area contributed by atoms with Crippen LogP contribution in [0.25, 0.3) is 0 Å². The first kappa shape index (κ1) is 24.5. The van der Waals surface area contributed by atoms with Crippen LogP contribution < -0.4 is 27.0 Å². The second-order valence-electron chi connectivity index (χ2n) is 5.41. The van der Waals surface area contributed by atoms with E-state index in [1.54, 1.807) is 12.1 Å². The van der Waals surface area contributed by atoms with E-state index in [0.717, 1.165) is 19.6 Å². The minimum Gasteiger partial charge on any atom is -0.329 e. The lowest BCUT2D eigenvalue weighted by Gasteiger charge is -2.33. The molecule has 0 bridgehead atoms. The zero-order valence-electron chi connectivity index (χ0n) is 15.4. The van der Waals surface area contributed by atoms with Gasteiger partial charge in [0.2, 0.25) is 5.54 Å². The van der Waals surface area contributed by atoms with Crippen LogP contribution in [0.1, 0.15) is 0 Å². The van der Waals surface area contributed by atoms with Gasteiger partial charge in [0.25, 0.3) is 5.54 Å². The van der Waals surface area contributed by atoms with E-state index in [9.17, 15) is 21.0 Å². The highest BCUT2D eigenvalue weighted by Crippen LogP contribution is 2.27. The van der Waals surface area contributed by atoms with Crippen molar-refractivity contribution in [3.8, 4) is 36.7 Å². The molecule has 0 unspecified atom stereocenters. The van der Waals surface area contributed by atoms with Crippen LogP contribution in [-0.2, 0) is 0 Å². The molecule has 0 aromatic heterocycles. The largest absolute Gasteiger partial charge is 0.329 e. The molecule has 0 spiro atoms. The summed E-state index contributed by atoms with van der Waals surface area (Å²) in [7, 11) is 0. The zero-order chi connectivity index (χ0) is 21.3. The monoisotopic (exact) mass is 382 g/mol. The summed E-state index contributed by atoms with van der Waals surface area (Å²) >= 11 is 0. The molecule has 0 heterocycles. The molecule has 0 fully saturated rings. The molecular formula is C16H22N12. The van der Waals surface area contributed by atoms with E-state index in [2.05, 4.69) is 21.3 Å². The van der Waals surface area contributed by atoms with Gasteiger partial charge in [-0.05, 0) is 0 Å². The summed E-state index contributed by atoms with van der Waals surface area (Å²) < 4.78 is 0. The number of nitrogens with zero attached hydrogens (tertiary/aromatic N) is 7. The molecule has 0 atom stereocenters. The van der Waals surface area contributed by atoms with Crippen LogP contribution in [0.3, 0.4) is 0 Å². The molecule has 0 rings (SSSR count). The zero-order valence-corrected chi connectivity index (χ0v) is 15.4. The molecule has 146 valence electrons. The summed E-state index contributed by atoms with van der Waals surface area (Å²) in [6.07, 6.45) is 2.72. The molecule has 0 aromatic carbocycles. The van der Waals surface area contributed by atoms with E-state index >= 15 is 0 Å². The van der Waals surface area contributed by atoms with Crippen molar-refractivity contribution < 1.29 is 0 Å². The van der Waals surface area contributed by atoms with Crippen molar-refractivity contribution in [1.82, 2.24) is 26.2 Å². The van der Waals surface area contributed by atoms with Gasteiger partial charge in [0.15, 0.2) is 12.4 Å². The van der Waals surface area contributed by atoms with Crippen LogP contribution in [0, 0.1) is 68.2 Å². The van der Waals surface area contributed by atoms with Crippen molar-refractivity contribution in [2.75, 3.05) is 52.4 Å². The molecule has 0 aliphatic heterocycles. The Labute approximate surface area is 164 Å². The first-order valence-corrected chi connectivity index (χ1v) is 8.40. The van der Waals surface area contributed by atoms with Crippen molar-refractivity contribution in [1.29, 1.82) is 31.6 Å². The van der Waals surface area contributed by atoms with Gasteiger partial charge in [0, 0.05) is 52.4 Å². The van der Waals surface area contributed by atoms with Gasteiger partial charge in [-0.15, -0.1) is 0 Å². The number of nitrogens with one attached hydrogen (secondary N) is 4. The van der Waals surface area contributed by atoms with Crippen molar-refractivity contribution >= 4 is 0 Å². The van der Waals surface area contributed by atoms with E-state index in [0.29, 0.717) is 26.2 Å². The van der Waals surface area contributed by atoms with Gasteiger partial charge in [0.05, 0.1) is 0 Å². The maximum Gasteiger partial charge on any atom is 0.281 e. The number of nitriles is 6. The molecule has 6 N–H and O–H groups in total. The van der Waals surface area contributed by atoms with Gasteiger partial charge in [-0.1, -0.05) is 0 Å². The highest BCUT2D eigenvalue weighted by Gasteiger charge is 2.60. The van der Waals surface area contributed by atoms with Crippen molar-refractivity contribution in [2.45, 2.75) is 11.1 Å². The van der Waals surface area contributed by atoms with Gasteiger partial charge in [-0.25, -0.2) is 0 Å². The van der Waals surface area contributed by atoms with Crippen LogP contribution in [0.2, 0.25) is 0 Å². The SMILES string of the molecule is N#CN(C#N)C(C#N)(C#N)C(C#N)(C#N)NCCNCCNCCNCCN. The van der Waals surface area contributed by atoms with Crippen molar-refractivity contribution in [3.05, 3.63) is 0 Å². The molecule has 0 amide bonds. The summed E-state index contributed by atoms with van der Waals surface area (Å²) in [5.74, 6) is 0. The Morgan fingerprint density at radius 1 is 0.643 bits per heavy atom. The standard InChI is InChI=1S/C16H22N12/c17-1-2-24-3-4-25-5-6-26-7-8-27-15(9-18,10-19)16(11-20,12-21)28(13-22)14-23/h24-27H,1-8,17H2. The fourth-order valence-electron chi connectivity index (χ4n) is 2.20. The van der Waals surface area contributed by atoms with Gasteiger partial charge >= 0.3 is 0 Å². The number of nitrogens with two attached hydrogens (primary N) is 1. The summed E-state index contributed by atoms with van der Waals surface area (Å²) in [5, 5.41) is 67.6. The average molecular weight is 382 g/mol. The minimum absolute atomic E-state index is 0.0506. The highest BCUT2D eigenvalue weighted by atomic mass is 15.2. The molecule has 0 saturated carbocycles. The van der Waals surface area contributed by atoms with Crippen LogP contribution >= 0.6 is 0 Å². The van der Waals surface area contributed by atoms with Crippen LogP contribution in [0.4, 0.5) is 0 Å². The lowest BCUT2D eigenvalue weighted by atomic mass is 9.79. The van der Waals surface area contributed by atoms with Gasteiger partial charge in [-0.2, -0.15) is 36.5 Å². The molecule has 0 aromatic rings. The molecule has 0 aliphatic carbocycles. The number of hydrogen-bond donors (Lipinski definition) is 5. The summed E-state index contributed by atoms with van der Waals surface area (Å²) in [6, 6.07) is 6.09. The number of hydrogen-bond acceptors (Lipinski definition) is 12. The van der Waals surface area contributed by atoms with Gasteiger partial charge < -0.3 is 21.7 Å². The first-order chi connectivity index (χ1) is 13.6. The highest BCUT2D eigenvalue weighted by molar-refractivity contribution is 5.47. The third-order valence-electron chi connectivity index (χ3n) is 3.71. The minimum atomic E-state index is -2.61. The molecule has 12 heteroatoms. The second kappa shape index (κ2) is 13.7. The maximum absolute atomic E-state index is 9.45. The van der Waals surface area contributed by atoms with Crippen LogP contribution in [0.15, 0.2) is 0 Å². The lowest BCUT2D eigenvalue weighted by Crippen LogP contribution is -2.66. The predicted octanol–water partition coefficient (Wildman–Crippen LogP) is -2.86. The average Bonchev–Trinajstić information content (AvgIpc) is 2.73. The van der Waals surface area contributed by atoms with Gasteiger partial charge in [0.1, 0.15) is 24.3 Å². The van der Waals surface area contributed by atoms with E-state index in [-0.39, 0.29) is 11.4 Å². The normalized spacial score (nSPS) is 10.4. The van der Waals surface area contributed by atoms with E-state index in [1.165, 1.54) is 24.5 Å². The Kier molecular flexibility index (Phi) is 12.0. The molecule has 0 saturated heterocycles. The molecule has 0 radical (unpaired) electrons. The van der Waals surface area contributed by atoms with E-state index in [4.69, 9.17) is 16.3 Å².